The number of benzene rings is 2. The summed E-state index contributed by atoms with van der Waals surface area (Å²) in [7, 11) is 0. The number of carbonyl (C=O) groups is 2. The summed E-state index contributed by atoms with van der Waals surface area (Å²) >= 11 is 12.2. The highest BCUT2D eigenvalue weighted by atomic mass is 35.5. The van der Waals surface area contributed by atoms with Gasteiger partial charge in [0.1, 0.15) is 0 Å². The van der Waals surface area contributed by atoms with E-state index in [4.69, 9.17) is 23.2 Å². The third-order valence-corrected chi connectivity index (χ3v) is 5.39. The molecule has 1 amide bonds. The molecule has 0 bridgehead atoms. The van der Waals surface area contributed by atoms with Crippen LogP contribution in [0.25, 0.3) is 10.9 Å². The van der Waals surface area contributed by atoms with Crippen molar-refractivity contribution >= 4 is 51.5 Å². The lowest BCUT2D eigenvalue weighted by molar-refractivity contribution is -0.112. The van der Waals surface area contributed by atoms with E-state index in [9.17, 15) is 9.59 Å². The van der Waals surface area contributed by atoms with Gasteiger partial charge in [0.15, 0.2) is 0 Å². The standard InChI is InChI=1S/C20H17Cl2N3O2/c21-13-5-3-6-14(22)18(13)24-20(27)19(26)17-12-4-1-2-7-15(12)25-11-10-23-9-8-16(17)25/h1-7,23H,8-11H2,(H,24,27). The number of halogens is 2. The minimum Gasteiger partial charge on any atom is -0.343 e. The molecular weight excluding hydrogens is 385 g/mol. The van der Waals surface area contributed by atoms with Crippen molar-refractivity contribution in [3.05, 3.63) is 63.8 Å². The van der Waals surface area contributed by atoms with Crippen LogP contribution in [0.2, 0.25) is 10.0 Å². The Morgan fingerprint density at radius 2 is 1.74 bits per heavy atom. The highest BCUT2D eigenvalue weighted by Gasteiger charge is 2.28. The second-order valence-corrected chi connectivity index (χ2v) is 7.18. The van der Waals surface area contributed by atoms with Crippen LogP contribution >= 0.6 is 23.2 Å². The Bertz CT molecular complexity index is 1040. The SMILES string of the molecule is O=C(Nc1c(Cl)cccc1Cl)C(=O)c1c2n(c3ccccc13)CCNCC2. The van der Waals surface area contributed by atoms with Crippen molar-refractivity contribution in [1.82, 2.24) is 9.88 Å². The van der Waals surface area contributed by atoms with Crippen LogP contribution in [0, 0.1) is 0 Å². The molecule has 0 saturated heterocycles. The molecule has 3 aromatic rings. The molecule has 2 aromatic carbocycles. The summed E-state index contributed by atoms with van der Waals surface area (Å²) in [6.07, 6.45) is 0.676. The predicted octanol–water partition coefficient (Wildman–Crippen LogP) is 3.92. The summed E-state index contributed by atoms with van der Waals surface area (Å²) in [5, 5.41) is 7.27. The van der Waals surface area contributed by atoms with E-state index in [1.807, 2.05) is 24.3 Å². The molecule has 1 aromatic heterocycles. The second-order valence-electron chi connectivity index (χ2n) is 6.37. The van der Waals surface area contributed by atoms with Crippen LogP contribution in [-0.2, 0) is 17.8 Å². The van der Waals surface area contributed by atoms with Gasteiger partial charge in [-0.3, -0.25) is 9.59 Å². The third kappa shape index (κ3) is 3.23. The lowest BCUT2D eigenvalue weighted by Crippen LogP contribution is -2.24. The van der Waals surface area contributed by atoms with Crippen LogP contribution < -0.4 is 10.6 Å². The van der Waals surface area contributed by atoms with E-state index in [1.54, 1.807) is 18.2 Å². The van der Waals surface area contributed by atoms with Gasteiger partial charge in [0, 0.05) is 42.7 Å². The number of ketones is 1. The number of Topliss-reactive ketones (excluding diaryl/α,β-unsaturated/α-hetero) is 1. The topological polar surface area (TPSA) is 63.1 Å². The van der Waals surface area contributed by atoms with Crippen molar-refractivity contribution in [3.63, 3.8) is 0 Å². The molecule has 0 saturated carbocycles. The van der Waals surface area contributed by atoms with Crippen LogP contribution in [0.1, 0.15) is 16.1 Å². The third-order valence-electron chi connectivity index (χ3n) is 4.76. The Morgan fingerprint density at radius 1 is 1.00 bits per heavy atom. The highest BCUT2D eigenvalue weighted by Crippen LogP contribution is 2.31. The number of hydrogen-bond acceptors (Lipinski definition) is 3. The van der Waals surface area contributed by atoms with Gasteiger partial charge in [-0.2, -0.15) is 0 Å². The Morgan fingerprint density at radius 3 is 2.52 bits per heavy atom. The lowest BCUT2D eigenvalue weighted by atomic mass is 10.0. The summed E-state index contributed by atoms with van der Waals surface area (Å²) in [4.78, 5) is 25.8. The molecule has 0 spiro atoms. The monoisotopic (exact) mass is 401 g/mol. The van der Waals surface area contributed by atoms with Gasteiger partial charge in [-0.05, 0) is 18.2 Å². The Hall–Kier alpha value is -2.34. The first-order valence-corrected chi connectivity index (χ1v) is 9.44. The first kappa shape index (κ1) is 18.0. The quantitative estimate of drug-likeness (QED) is 0.516. The van der Waals surface area contributed by atoms with Crippen LogP contribution in [0.5, 0.6) is 0 Å². The van der Waals surface area contributed by atoms with E-state index in [2.05, 4.69) is 15.2 Å². The van der Waals surface area contributed by atoms with Gasteiger partial charge < -0.3 is 15.2 Å². The normalized spacial score (nSPS) is 13.9. The number of aromatic nitrogens is 1. The number of anilines is 1. The molecule has 1 aliphatic rings. The minimum absolute atomic E-state index is 0.246. The van der Waals surface area contributed by atoms with Crippen molar-refractivity contribution in [2.45, 2.75) is 13.0 Å². The molecule has 7 heteroatoms. The summed E-state index contributed by atoms with van der Waals surface area (Å²) < 4.78 is 2.12. The molecule has 0 aliphatic carbocycles. The number of amides is 1. The summed E-state index contributed by atoms with van der Waals surface area (Å²) in [5.74, 6) is -1.33. The zero-order chi connectivity index (χ0) is 19.0. The molecule has 2 N–H and O–H groups in total. The number of rotatable bonds is 3. The maximum atomic E-state index is 13.1. The predicted molar refractivity (Wildman–Crippen MR) is 108 cm³/mol. The fourth-order valence-electron chi connectivity index (χ4n) is 3.55. The number of nitrogens with one attached hydrogen (secondary N) is 2. The van der Waals surface area contributed by atoms with Crippen molar-refractivity contribution in [2.24, 2.45) is 0 Å². The summed E-state index contributed by atoms with van der Waals surface area (Å²) in [6.45, 7) is 2.33. The molecule has 0 fully saturated rings. The highest BCUT2D eigenvalue weighted by molar-refractivity contribution is 6.50. The maximum Gasteiger partial charge on any atom is 0.296 e. The number of carbonyl (C=O) groups excluding carboxylic acids is 2. The zero-order valence-electron chi connectivity index (χ0n) is 14.4. The Balaban J connectivity index is 1.77. The largest absolute Gasteiger partial charge is 0.343 e. The van der Waals surface area contributed by atoms with Crippen molar-refractivity contribution in [2.75, 3.05) is 18.4 Å². The molecule has 2 heterocycles. The van der Waals surface area contributed by atoms with E-state index in [0.717, 1.165) is 36.2 Å². The molecule has 0 unspecified atom stereocenters. The molecule has 5 nitrogen and oxygen atoms in total. The smallest absolute Gasteiger partial charge is 0.296 e. The van der Waals surface area contributed by atoms with Crippen molar-refractivity contribution in [1.29, 1.82) is 0 Å². The van der Waals surface area contributed by atoms with E-state index in [0.29, 0.717) is 12.0 Å². The first-order chi connectivity index (χ1) is 13.1. The number of hydrogen-bond donors (Lipinski definition) is 2. The number of para-hydroxylation sites is 2. The molecule has 138 valence electrons. The second kappa shape index (κ2) is 7.35. The van der Waals surface area contributed by atoms with Crippen molar-refractivity contribution in [3.8, 4) is 0 Å². The minimum atomic E-state index is -0.749. The van der Waals surface area contributed by atoms with Gasteiger partial charge >= 0.3 is 0 Å². The van der Waals surface area contributed by atoms with Gasteiger partial charge in [0.05, 0.1) is 21.3 Å². The molecular formula is C20H17Cl2N3O2. The van der Waals surface area contributed by atoms with Crippen LogP contribution in [0.3, 0.4) is 0 Å². The average Bonchev–Trinajstić information content (AvgIpc) is 2.80. The number of fused-ring (bicyclic) bond motifs is 3. The Labute approximate surface area is 166 Å². The van der Waals surface area contributed by atoms with E-state index < -0.39 is 11.7 Å². The Kier molecular flexibility index (Phi) is 4.91. The van der Waals surface area contributed by atoms with Crippen LogP contribution in [0.4, 0.5) is 5.69 Å². The molecule has 0 radical (unpaired) electrons. The average molecular weight is 402 g/mol. The summed E-state index contributed by atoms with van der Waals surface area (Å²) in [6, 6.07) is 12.6. The van der Waals surface area contributed by atoms with Gasteiger partial charge in [-0.25, -0.2) is 0 Å². The van der Waals surface area contributed by atoms with Crippen LogP contribution in [0.15, 0.2) is 42.5 Å². The summed E-state index contributed by atoms with van der Waals surface area (Å²) in [5.41, 5.74) is 2.54. The lowest BCUT2D eigenvalue weighted by Gasteiger charge is -2.10. The zero-order valence-corrected chi connectivity index (χ0v) is 15.9. The van der Waals surface area contributed by atoms with Gasteiger partial charge in [0.2, 0.25) is 0 Å². The van der Waals surface area contributed by atoms with E-state index in [1.165, 1.54) is 0 Å². The van der Waals surface area contributed by atoms with Crippen molar-refractivity contribution < 1.29 is 9.59 Å². The molecule has 27 heavy (non-hydrogen) atoms. The van der Waals surface area contributed by atoms with Gasteiger partial charge in [0.25, 0.3) is 11.7 Å². The maximum absolute atomic E-state index is 13.1. The van der Waals surface area contributed by atoms with Gasteiger partial charge in [-0.1, -0.05) is 47.5 Å². The first-order valence-electron chi connectivity index (χ1n) is 8.68. The van der Waals surface area contributed by atoms with E-state index >= 15 is 0 Å². The fourth-order valence-corrected chi connectivity index (χ4v) is 4.04. The molecule has 4 rings (SSSR count). The van der Waals surface area contributed by atoms with E-state index in [-0.39, 0.29) is 15.7 Å². The number of nitrogens with zero attached hydrogens (tertiary/aromatic N) is 1. The van der Waals surface area contributed by atoms with Crippen LogP contribution in [-0.4, -0.2) is 29.3 Å². The molecule has 0 atom stereocenters. The fraction of sp³-hybridized carbons (Fsp3) is 0.200. The molecule has 1 aliphatic heterocycles. The van der Waals surface area contributed by atoms with Gasteiger partial charge in [-0.15, -0.1) is 0 Å².